The first-order valence-electron chi connectivity index (χ1n) is 5.72. The smallest absolute Gasteiger partial charge is 0.309 e. The van der Waals surface area contributed by atoms with Gasteiger partial charge in [-0.1, -0.05) is 26.0 Å². The average Bonchev–Trinajstić information content (AvgIpc) is 2.15. The molecule has 1 aliphatic carbocycles. The van der Waals surface area contributed by atoms with E-state index in [0.717, 1.165) is 18.4 Å². The lowest BCUT2D eigenvalue weighted by Gasteiger charge is -2.45. The third kappa shape index (κ3) is 2.29. The SMILES string of the molecule is C=C(C)[C@@H]1CCC(C)(C)[C@H](OC)[C@H]1C(=O)O. The first-order chi connectivity index (χ1) is 7.31. The minimum atomic E-state index is -0.771. The Morgan fingerprint density at radius 1 is 1.50 bits per heavy atom. The number of carboxylic acids is 1. The second-order valence-corrected chi connectivity index (χ2v) is 5.50. The van der Waals surface area contributed by atoms with E-state index in [4.69, 9.17) is 4.74 Å². The van der Waals surface area contributed by atoms with E-state index >= 15 is 0 Å². The van der Waals surface area contributed by atoms with Gasteiger partial charge in [-0.15, -0.1) is 0 Å². The van der Waals surface area contributed by atoms with Crippen molar-refractivity contribution in [3.8, 4) is 0 Å². The Labute approximate surface area is 97.5 Å². The van der Waals surface area contributed by atoms with Gasteiger partial charge in [-0.2, -0.15) is 0 Å². The molecule has 1 fully saturated rings. The van der Waals surface area contributed by atoms with Crippen molar-refractivity contribution >= 4 is 5.97 Å². The molecule has 1 rings (SSSR count). The van der Waals surface area contributed by atoms with Crippen molar-refractivity contribution in [2.75, 3.05) is 7.11 Å². The molecule has 0 aromatic carbocycles. The number of carboxylic acid groups (broad SMARTS) is 1. The molecule has 0 bridgehead atoms. The molecule has 16 heavy (non-hydrogen) atoms. The van der Waals surface area contributed by atoms with Crippen LogP contribution in [0.5, 0.6) is 0 Å². The van der Waals surface area contributed by atoms with Crippen molar-refractivity contribution in [1.82, 2.24) is 0 Å². The summed E-state index contributed by atoms with van der Waals surface area (Å²) in [4.78, 5) is 11.4. The molecule has 3 heteroatoms. The molecule has 0 amide bonds. The first kappa shape index (κ1) is 13.2. The predicted octanol–water partition coefficient (Wildman–Crippen LogP) is 2.71. The van der Waals surface area contributed by atoms with Crippen LogP contribution in [-0.4, -0.2) is 24.3 Å². The molecule has 0 aliphatic heterocycles. The van der Waals surface area contributed by atoms with Gasteiger partial charge in [0.25, 0.3) is 0 Å². The number of methoxy groups -OCH3 is 1. The van der Waals surface area contributed by atoms with Gasteiger partial charge in [0.15, 0.2) is 0 Å². The highest BCUT2D eigenvalue weighted by Gasteiger charge is 2.47. The van der Waals surface area contributed by atoms with Crippen molar-refractivity contribution in [3.63, 3.8) is 0 Å². The molecule has 0 spiro atoms. The van der Waals surface area contributed by atoms with Crippen LogP contribution in [0.3, 0.4) is 0 Å². The van der Waals surface area contributed by atoms with Gasteiger partial charge in [0.2, 0.25) is 0 Å². The highest BCUT2D eigenvalue weighted by Crippen LogP contribution is 2.45. The zero-order chi connectivity index (χ0) is 12.5. The number of rotatable bonds is 3. The quantitative estimate of drug-likeness (QED) is 0.753. The van der Waals surface area contributed by atoms with Gasteiger partial charge in [0.1, 0.15) is 0 Å². The van der Waals surface area contributed by atoms with E-state index in [1.165, 1.54) is 0 Å². The van der Waals surface area contributed by atoms with Crippen LogP contribution >= 0.6 is 0 Å². The van der Waals surface area contributed by atoms with Gasteiger partial charge in [0, 0.05) is 7.11 Å². The van der Waals surface area contributed by atoms with Gasteiger partial charge in [-0.3, -0.25) is 4.79 Å². The number of ether oxygens (including phenoxy) is 1. The maximum absolute atomic E-state index is 11.4. The standard InChI is InChI=1S/C13H22O3/c1-8(2)9-6-7-13(3,4)11(16-5)10(9)12(14)15/h9-11H,1,6-7H2,2-5H3,(H,14,15)/t9-,10-,11+/m0/s1. The van der Waals surface area contributed by atoms with E-state index in [9.17, 15) is 9.90 Å². The predicted molar refractivity (Wildman–Crippen MR) is 63.2 cm³/mol. The van der Waals surface area contributed by atoms with Gasteiger partial charge >= 0.3 is 5.97 Å². The summed E-state index contributed by atoms with van der Waals surface area (Å²) < 4.78 is 5.44. The summed E-state index contributed by atoms with van der Waals surface area (Å²) in [6.07, 6.45) is 1.63. The zero-order valence-corrected chi connectivity index (χ0v) is 10.6. The Balaban J connectivity index is 3.05. The topological polar surface area (TPSA) is 46.5 Å². The summed E-state index contributed by atoms with van der Waals surface area (Å²) in [5, 5.41) is 9.37. The summed E-state index contributed by atoms with van der Waals surface area (Å²) in [6.45, 7) is 9.97. The summed E-state index contributed by atoms with van der Waals surface area (Å²) in [5.74, 6) is -1.20. The van der Waals surface area contributed by atoms with E-state index in [1.54, 1.807) is 7.11 Å². The Morgan fingerprint density at radius 2 is 2.06 bits per heavy atom. The van der Waals surface area contributed by atoms with Gasteiger partial charge in [-0.05, 0) is 31.1 Å². The fourth-order valence-electron chi connectivity index (χ4n) is 2.87. The lowest BCUT2D eigenvalue weighted by atomic mass is 9.63. The van der Waals surface area contributed by atoms with E-state index in [0.29, 0.717) is 0 Å². The lowest BCUT2D eigenvalue weighted by Crippen LogP contribution is -2.49. The molecule has 0 aromatic heterocycles. The molecule has 0 saturated heterocycles. The van der Waals surface area contributed by atoms with E-state index in [-0.39, 0.29) is 17.4 Å². The van der Waals surface area contributed by atoms with Gasteiger partial charge < -0.3 is 9.84 Å². The normalized spacial score (nSPS) is 33.4. The van der Waals surface area contributed by atoms with Crippen molar-refractivity contribution in [2.24, 2.45) is 17.3 Å². The Bertz CT molecular complexity index is 294. The monoisotopic (exact) mass is 226 g/mol. The molecule has 1 N–H and O–H groups in total. The van der Waals surface area contributed by atoms with Crippen LogP contribution in [0, 0.1) is 17.3 Å². The fourth-order valence-corrected chi connectivity index (χ4v) is 2.87. The Morgan fingerprint density at radius 3 is 2.44 bits per heavy atom. The van der Waals surface area contributed by atoms with Crippen molar-refractivity contribution < 1.29 is 14.6 Å². The number of hydrogen-bond donors (Lipinski definition) is 1. The third-order valence-electron chi connectivity index (χ3n) is 3.80. The van der Waals surface area contributed by atoms with E-state index in [2.05, 4.69) is 20.4 Å². The Kier molecular flexibility index (Phi) is 3.79. The highest BCUT2D eigenvalue weighted by atomic mass is 16.5. The van der Waals surface area contributed by atoms with Crippen LogP contribution in [-0.2, 0) is 9.53 Å². The molecule has 0 aromatic rings. The lowest BCUT2D eigenvalue weighted by molar-refractivity contribution is -0.159. The third-order valence-corrected chi connectivity index (χ3v) is 3.80. The maximum atomic E-state index is 11.4. The molecule has 0 unspecified atom stereocenters. The summed E-state index contributed by atoms with van der Waals surface area (Å²) in [7, 11) is 1.60. The highest BCUT2D eigenvalue weighted by molar-refractivity contribution is 5.72. The molecule has 0 heterocycles. The summed E-state index contributed by atoms with van der Waals surface area (Å²) in [5.41, 5.74) is 0.869. The van der Waals surface area contributed by atoms with Crippen LogP contribution in [0.25, 0.3) is 0 Å². The molecular formula is C13H22O3. The Hall–Kier alpha value is -0.830. The average molecular weight is 226 g/mol. The minimum absolute atomic E-state index is 0.0375. The summed E-state index contributed by atoms with van der Waals surface area (Å²) >= 11 is 0. The van der Waals surface area contributed by atoms with Crippen LogP contribution in [0.4, 0.5) is 0 Å². The molecular weight excluding hydrogens is 204 g/mol. The number of hydrogen-bond acceptors (Lipinski definition) is 2. The molecule has 1 aliphatic rings. The van der Waals surface area contributed by atoms with E-state index < -0.39 is 11.9 Å². The maximum Gasteiger partial charge on any atom is 0.309 e. The molecule has 92 valence electrons. The second-order valence-electron chi connectivity index (χ2n) is 5.50. The number of carbonyl (C=O) groups is 1. The molecule has 3 nitrogen and oxygen atoms in total. The molecule has 1 saturated carbocycles. The fraction of sp³-hybridized carbons (Fsp3) is 0.769. The van der Waals surface area contributed by atoms with Crippen molar-refractivity contribution in [3.05, 3.63) is 12.2 Å². The summed E-state index contributed by atoms with van der Waals surface area (Å²) in [6, 6.07) is 0. The van der Waals surface area contributed by atoms with Crippen molar-refractivity contribution in [1.29, 1.82) is 0 Å². The van der Waals surface area contributed by atoms with Crippen LogP contribution in [0.1, 0.15) is 33.6 Å². The second kappa shape index (κ2) is 4.58. The number of allylic oxidation sites excluding steroid dienone is 1. The molecule has 3 atom stereocenters. The van der Waals surface area contributed by atoms with Crippen LogP contribution in [0.15, 0.2) is 12.2 Å². The van der Waals surface area contributed by atoms with Crippen molar-refractivity contribution in [2.45, 2.75) is 39.7 Å². The minimum Gasteiger partial charge on any atom is -0.481 e. The van der Waals surface area contributed by atoms with Crippen LogP contribution in [0.2, 0.25) is 0 Å². The van der Waals surface area contributed by atoms with Crippen LogP contribution < -0.4 is 0 Å². The van der Waals surface area contributed by atoms with E-state index in [1.807, 2.05) is 6.92 Å². The van der Waals surface area contributed by atoms with Gasteiger partial charge in [0.05, 0.1) is 12.0 Å². The zero-order valence-electron chi connectivity index (χ0n) is 10.6. The van der Waals surface area contributed by atoms with Gasteiger partial charge in [-0.25, -0.2) is 0 Å². The number of aliphatic carboxylic acids is 1. The largest absolute Gasteiger partial charge is 0.481 e. The first-order valence-corrected chi connectivity index (χ1v) is 5.72. The molecule has 0 radical (unpaired) electrons.